The van der Waals surface area contributed by atoms with Gasteiger partial charge < -0.3 is 10.6 Å². The van der Waals surface area contributed by atoms with E-state index in [-0.39, 0.29) is 11.6 Å². The number of benzene rings is 2. The largest absolute Gasteiger partial charge is 0.355 e. The number of para-hydroxylation sites is 1. The zero-order valence-corrected chi connectivity index (χ0v) is 12.0. The molecule has 0 aromatic heterocycles. The molecule has 112 valence electrons. The highest BCUT2D eigenvalue weighted by Crippen LogP contribution is 2.12. The Morgan fingerprint density at radius 1 is 1.05 bits per heavy atom. The van der Waals surface area contributed by atoms with Gasteiger partial charge in [0.15, 0.2) is 0 Å². The number of hydrogen-bond acceptors (Lipinski definition) is 2. The minimum Gasteiger partial charge on any atom is -0.355 e. The Balaban J connectivity index is 2.01. The van der Waals surface area contributed by atoms with Gasteiger partial charge in [-0.1, -0.05) is 24.3 Å². The molecule has 0 heterocycles. The van der Waals surface area contributed by atoms with Gasteiger partial charge in [-0.25, -0.2) is 4.39 Å². The van der Waals surface area contributed by atoms with Crippen molar-refractivity contribution in [2.75, 3.05) is 12.4 Å². The molecule has 5 heteroatoms. The highest BCUT2D eigenvalue weighted by molar-refractivity contribution is 6.02. The van der Waals surface area contributed by atoms with Gasteiger partial charge in [0.2, 0.25) is 5.91 Å². The van der Waals surface area contributed by atoms with E-state index < -0.39 is 11.7 Å². The lowest BCUT2D eigenvalue weighted by atomic mass is 10.1. The maximum absolute atomic E-state index is 13.4. The van der Waals surface area contributed by atoms with Crippen molar-refractivity contribution in [3.05, 3.63) is 71.6 Å². The van der Waals surface area contributed by atoms with Crippen LogP contribution in [0.3, 0.4) is 0 Å². The molecule has 0 radical (unpaired) electrons. The van der Waals surface area contributed by atoms with Gasteiger partial charge in [-0.2, -0.15) is 0 Å². The van der Waals surface area contributed by atoms with Crippen molar-refractivity contribution >= 4 is 23.6 Å². The van der Waals surface area contributed by atoms with Crippen LogP contribution in [0, 0.1) is 5.82 Å². The Bertz CT molecular complexity index is 709. The lowest BCUT2D eigenvalue weighted by molar-refractivity contribution is -0.111. The fourth-order valence-corrected chi connectivity index (χ4v) is 1.80. The van der Waals surface area contributed by atoms with Gasteiger partial charge in [0.1, 0.15) is 5.82 Å². The Kier molecular flexibility index (Phi) is 5.03. The molecule has 4 nitrogen and oxygen atoms in total. The van der Waals surface area contributed by atoms with Crippen LogP contribution in [0.15, 0.2) is 54.6 Å². The second-order valence-corrected chi connectivity index (χ2v) is 4.50. The first-order chi connectivity index (χ1) is 10.6. The Morgan fingerprint density at radius 3 is 2.36 bits per heavy atom. The highest BCUT2D eigenvalue weighted by atomic mass is 19.1. The standard InChI is InChI=1S/C17H15FN2O2/c1-19-17(22)13-9-6-12(7-10-13)8-11-16(21)20-15-5-3-2-4-14(15)18/h2-11H,1H3,(H,19,22)(H,20,21)/b11-8+. The van der Waals surface area contributed by atoms with E-state index >= 15 is 0 Å². The van der Waals surface area contributed by atoms with Gasteiger partial charge >= 0.3 is 0 Å². The highest BCUT2D eigenvalue weighted by Gasteiger charge is 2.03. The Labute approximate surface area is 127 Å². The molecule has 22 heavy (non-hydrogen) atoms. The number of carbonyl (C=O) groups excluding carboxylic acids is 2. The van der Waals surface area contributed by atoms with Crippen LogP contribution in [-0.4, -0.2) is 18.9 Å². The molecule has 0 saturated heterocycles. The van der Waals surface area contributed by atoms with E-state index in [1.807, 2.05) is 0 Å². The molecule has 0 saturated carbocycles. The number of hydrogen-bond donors (Lipinski definition) is 2. The summed E-state index contributed by atoms with van der Waals surface area (Å²) in [7, 11) is 1.56. The molecule has 0 atom stereocenters. The lowest BCUT2D eigenvalue weighted by Crippen LogP contribution is -2.17. The van der Waals surface area contributed by atoms with Crippen LogP contribution in [0.1, 0.15) is 15.9 Å². The monoisotopic (exact) mass is 298 g/mol. The summed E-state index contributed by atoms with van der Waals surface area (Å²) in [6.07, 6.45) is 2.89. The second-order valence-electron chi connectivity index (χ2n) is 4.50. The van der Waals surface area contributed by atoms with Gasteiger partial charge in [-0.05, 0) is 35.9 Å². The third-order valence-electron chi connectivity index (χ3n) is 2.96. The predicted molar refractivity (Wildman–Crippen MR) is 83.9 cm³/mol. The SMILES string of the molecule is CNC(=O)c1ccc(/C=C/C(=O)Nc2ccccc2F)cc1. The Morgan fingerprint density at radius 2 is 1.73 bits per heavy atom. The minimum atomic E-state index is -0.487. The van der Waals surface area contributed by atoms with Crippen molar-refractivity contribution in [1.29, 1.82) is 0 Å². The molecular formula is C17H15FN2O2. The fourth-order valence-electron chi connectivity index (χ4n) is 1.80. The normalized spacial score (nSPS) is 10.5. The van der Waals surface area contributed by atoms with Crippen LogP contribution in [0.25, 0.3) is 6.08 Å². The molecule has 0 fully saturated rings. The van der Waals surface area contributed by atoms with Crippen LogP contribution in [-0.2, 0) is 4.79 Å². The zero-order chi connectivity index (χ0) is 15.9. The second kappa shape index (κ2) is 7.17. The molecule has 2 aromatic carbocycles. The Hall–Kier alpha value is -2.95. The van der Waals surface area contributed by atoms with Crippen LogP contribution in [0.4, 0.5) is 10.1 Å². The van der Waals surface area contributed by atoms with E-state index in [0.29, 0.717) is 5.56 Å². The quantitative estimate of drug-likeness (QED) is 0.853. The molecule has 0 aliphatic rings. The van der Waals surface area contributed by atoms with E-state index in [1.165, 1.54) is 18.2 Å². The molecule has 2 amide bonds. The molecule has 0 unspecified atom stereocenters. The molecule has 0 aliphatic heterocycles. The van der Waals surface area contributed by atoms with E-state index in [9.17, 15) is 14.0 Å². The zero-order valence-electron chi connectivity index (χ0n) is 12.0. The van der Waals surface area contributed by atoms with E-state index in [4.69, 9.17) is 0 Å². The van der Waals surface area contributed by atoms with Gasteiger partial charge in [-0.3, -0.25) is 9.59 Å². The number of rotatable bonds is 4. The van der Waals surface area contributed by atoms with E-state index in [1.54, 1.807) is 49.5 Å². The van der Waals surface area contributed by atoms with Crippen LogP contribution >= 0.6 is 0 Å². The van der Waals surface area contributed by atoms with Crippen molar-refractivity contribution in [3.8, 4) is 0 Å². The van der Waals surface area contributed by atoms with Crippen molar-refractivity contribution in [2.24, 2.45) is 0 Å². The van der Waals surface area contributed by atoms with Crippen LogP contribution in [0.5, 0.6) is 0 Å². The molecule has 0 aliphatic carbocycles. The third-order valence-corrected chi connectivity index (χ3v) is 2.96. The first-order valence-electron chi connectivity index (χ1n) is 6.66. The van der Waals surface area contributed by atoms with Crippen molar-refractivity contribution in [1.82, 2.24) is 5.32 Å². The molecule has 2 N–H and O–H groups in total. The van der Waals surface area contributed by atoms with Gasteiger partial charge in [0, 0.05) is 18.7 Å². The van der Waals surface area contributed by atoms with E-state index in [2.05, 4.69) is 10.6 Å². The van der Waals surface area contributed by atoms with Crippen molar-refractivity contribution in [3.63, 3.8) is 0 Å². The van der Waals surface area contributed by atoms with Crippen molar-refractivity contribution in [2.45, 2.75) is 0 Å². The first-order valence-corrected chi connectivity index (χ1v) is 6.66. The average Bonchev–Trinajstić information content (AvgIpc) is 2.55. The van der Waals surface area contributed by atoms with E-state index in [0.717, 1.165) is 5.56 Å². The maximum Gasteiger partial charge on any atom is 0.251 e. The number of carbonyl (C=O) groups is 2. The molecule has 2 rings (SSSR count). The average molecular weight is 298 g/mol. The van der Waals surface area contributed by atoms with Gasteiger partial charge in [0.05, 0.1) is 5.69 Å². The summed E-state index contributed by atoms with van der Waals surface area (Å²) in [5, 5.41) is 4.98. The number of nitrogens with one attached hydrogen (secondary N) is 2. The lowest BCUT2D eigenvalue weighted by Gasteiger charge is -2.03. The summed E-state index contributed by atoms with van der Waals surface area (Å²) in [4.78, 5) is 23.1. The summed E-state index contributed by atoms with van der Waals surface area (Å²) >= 11 is 0. The van der Waals surface area contributed by atoms with Gasteiger partial charge in [0.25, 0.3) is 5.91 Å². The molecular weight excluding hydrogens is 283 g/mol. The summed E-state index contributed by atoms with van der Waals surface area (Å²) in [6.45, 7) is 0. The van der Waals surface area contributed by atoms with Gasteiger partial charge in [-0.15, -0.1) is 0 Å². The predicted octanol–water partition coefficient (Wildman–Crippen LogP) is 2.84. The maximum atomic E-state index is 13.4. The molecule has 0 bridgehead atoms. The minimum absolute atomic E-state index is 0.132. The van der Waals surface area contributed by atoms with Crippen LogP contribution < -0.4 is 10.6 Å². The smallest absolute Gasteiger partial charge is 0.251 e. The van der Waals surface area contributed by atoms with Crippen molar-refractivity contribution < 1.29 is 14.0 Å². The summed E-state index contributed by atoms with van der Waals surface area (Å²) < 4.78 is 13.4. The topological polar surface area (TPSA) is 58.2 Å². The summed E-state index contributed by atoms with van der Waals surface area (Å²) in [5.74, 6) is -1.09. The summed E-state index contributed by atoms with van der Waals surface area (Å²) in [6, 6.07) is 12.7. The summed E-state index contributed by atoms with van der Waals surface area (Å²) in [5.41, 5.74) is 1.43. The molecule has 2 aromatic rings. The first kappa shape index (κ1) is 15.4. The number of amides is 2. The third kappa shape index (κ3) is 4.02. The molecule has 0 spiro atoms. The fraction of sp³-hybridized carbons (Fsp3) is 0.0588. The number of anilines is 1. The number of halogens is 1. The van der Waals surface area contributed by atoms with Crippen LogP contribution in [0.2, 0.25) is 0 Å².